The van der Waals surface area contributed by atoms with E-state index in [9.17, 15) is 9.90 Å². The van der Waals surface area contributed by atoms with Gasteiger partial charge in [-0.05, 0) is 23.6 Å². The predicted molar refractivity (Wildman–Crippen MR) is 87.2 cm³/mol. The molecule has 6 nitrogen and oxygen atoms in total. The summed E-state index contributed by atoms with van der Waals surface area (Å²) >= 11 is 0. The minimum absolute atomic E-state index is 0.0617. The van der Waals surface area contributed by atoms with Crippen LogP contribution in [0, 0.1) is 5.92 Å². The number of carboxylic acids is 1. The third-order valence-corrected chi connectivity index (χ3v) is 3.49. The number of hydrogen-bond acceptors (Lipinski definition) is 4. The summed E-state index contributed by atoms with van der Waals surface area (Å²) in [6, 6.07) is 4.74. The van der Waals surface area contributed by atoms with Crippen LogP contribution in [0.15, 0.2) is 30.6 Å². The van der Waals surface area contributed by atoms with Gasteiger partial charge in [0.1, 0.15) is 11.3 Å². The number of aromatic hydroxyl groups is 1. The third kappa shape index (κ3) is 4.82. The first kappa shape index (κ1) is 17.0. The second kappa shape index (κ2) is 7.28. The maximum absolute atomic E-state index is 11.1. The van der Waals surface area contributed by atoms with Crippen LogP contribution in [0.2, 0.25) is 0 Å². The molecule has 2 aromatic rings. The number of rotatable bonds is 7. The van der Waals surface area contributed by atoms with E-state index in [4.69, 9.17) is 5.11 Å². The molecule has 0 radical (unpaired) electrons. The van der Waals surface area contributed by atoms with Gasteiger partial charge in [-0.15, -0.1) is 0 Å². The first-order valence-corrected chi connectivity index (χ1v) is 7.60. The second-order valence-electron chi connectivity index (χ2n) is 6.24. The summed E-state index contributed by atoms with van der Waals surface area (Å²) in [5, 5.41) is 22.9. The number of aromatic carboxylic acids is 1. The van der Waals surface area contributed by atoms with Gasteiger partial charge >= 0.3 is 5.97 Å². The Morgan fingerprint density at radius 1 is 1.30 bits per heavy atom. The Hall–Kier alpha value is -2.34. The second-order valence-corrected chi connectivity index (χ2v) is 6.24. The molecule has 2 N–H and O–H groups in total. The maximum Gasteiger partial charge on any atom is 0.339 e. The van der Waals surface area contributed by atoms with Gasteiger partial charge in [-0.25, -0.2) is 4.79 Å². The average Bonchev–Trinajstić information content (AvgIpc) is 2.85. The molecule has 1 aromatic heterocycles. The van der Waals surface area contributed by atoms with Crippen molar-refractivity contribution in [3.63, 3.8) is 0 Å². The number of phenols is 1. The van der Waals surface area contributed by atoms with Gasteiger partial charge in [-0.3, -0.25) is 9.58 Å². The standard InChI is InChI=1S/C17H23N3O3/c1-12(2)8-20(11-14-7-18-19(3)9-14)10-13-4-5-16(21)15(6-13)17(22)23/h4-7,9,12,21H,8,10-11H2,1-3H3,(H,22,23). The Bertz CT molecular complexity index is 679. The average molecular weight is 317 g/mol. The first-order chi connectivity index (χ1) is 10.8. The van der Waals surface area contributed by atoms with Crippen molar-refractivity contribution in [1.82, 2.24) is 14.7 Å². The molecule has 2 rings (SSSR count). The molecule has 0 aliphatic rings. The number of aromatic nitrogens is 2. The number of benzene rings is 1. The predicted octanol–water partition coefficient (Wildman–Crippen LogP) is 2.48. The molecule has 0 atom stereocenters. The molecule has 1 heterocycles. The maximum atomic E-state index is 11.1. The molecular formula is C17H23N3O3. The van der Waals surface area contributed by atoms with Crippen LogP contribution in [-0.2, 0) is 20.1 Å². The molecule has 6 heteroatoms. The van der Waals surface area contributed by atoms with Crippen LogP contribution < -0.4 is 0 Å². The highest BCUT2D eigenvalue weighted by atomic mass is 16.4. The molecular weight excluding hydrogens is 294 g/mol. The largest absolute Gasteiger partial charge is 0.507 e. The lowest BCUT2D eigenvalue weighted by molar-refractivity contribution is 0.0693. The molecule has 0 aliphatic carbocycles. The first-order valence-electron chi connectivity index (χ1n) is 7.60. The van der Waals surface area contributed by atoms with E-state index in [2.05, 4.69) is 23.8 Å². The molecule has 0 amide bonds. The Morgan fingerprint density at radius 3 is 2.57 bits per heavy atom. The van der Waals surface area contributed by atoms with Crippen LogP contribution in [0.1, 0.15) is 35.3 Å². The van der Waals surface area contributed by atoms with E-state index in [1.807, 2.05) is 19.4 Å². The van der Waals surface area contributed by atoms with Gasteiger partial charge < -0.3 is 10.2 Å². The van der Waals surface area contributed by atoms with E-state index in [1.165, 1.54) is 12.1 Å². The van der Waals surface area contributed by atoms with Gasteiger partial charge in [0.25, 0.3) is 0 Å². The van der Waals surface area contributed by atoms with Crippen molar-refractivity contribution >= 4 is 5.97 Å². The van der Waals surface area contributed by atoms with Crippen molar-refractivity contribution in [3.05, 3.63) is 47.3 Å². The molecule has 0 spiro atoms. The summed E-state index contributed by atoms with van der Waals surface area (Å²) in [7, 11) is 1.88. The fourth-order valence-electron chi connectivity index (χ4n) is 2.62. The molecule has 0 unspecified atom stereocenters. The Morgan fingerprint density at radius 2 is 2.00 bits per heavy atom. The molecule has 124 valence electrons. The highest BCUT2D eigenvalue weighted by molar-refractivity contribution is 5.90. The third-order valence-electron chi connectivity index (χ3n) is 3.49. The molecule has 0 saturated carbocycles. The summed E-state index contributed by atoms with van der Waals surface area (Å²) in [5.74, 6) is -0.835. The monoisotopic (exact) mass is 317 g/mol. The lowest BCUT2D eigenvalue weighted by atomic mass is 10.1. The van der Waals surface area contributed by atoms with Crippen molar-refractivity contribution in [2.75, 3.05) is 6.54 Å². The van der Waals surface area contributed by atoms with Gasteiger partial charge in [-0.1, -0.05) is 19.9 Å². The Kier molecular flexibility index (Phi) is 5.39. The molecule has 23 heavy (non-hydrogen) atoms. The van der Waals surface area contributed by atoms with E-state index in [0.29, 0.717) is 12.5 Å². The summed E-state index contributed by atoms with van der Waals surface area (Å²) in [6.07, 6.45) is 3.82. The summed E-state index contributed by atoms with van der Waals surface area (Å²) in [4.78, 5) is 13.4. The van der Waals surface area contributed by atoms with Crippen molar-refractivity contribution in [2.24, 2.45) is 13.0 Å². The number of nitrogens with zero attached hydrogens (tertiary/aromatic N) is 3. The minimum Gasteiger partial charge on any atom is -0.507 e. The normalized spacial score (nSPS) is 11.3. The van der Waals surface area contributed by atoms with E-state index >= 15 is 0 Å². The van der Waals surface area contributed by atoms with E-state index < -0.39 is 5.97 Å². The van der Waals surface area contributed by atoms with Crippen LogP contribution in [0.25, 0.3) is 0 Å². The Labute approximate surface area is 136 Å². The van der Waals surface area contributed by atoms with Crippen molar-refractivity contribution in [3.8, 4) is 5.75 Å². The zero-order valence-corrected chi connectivity index (χ0v) is 13.7. The van der Waals surface area contributed by atoms with Gasteiger partial charge in [0.05, 0.1) is 6.20 Å². The zero-order valence-electron chi connectivity index (χ0n) is 13.7. The number of carbonyl (C=O) groups is 1. The van der Waals surface area contributed by atoms with Crippen LogP contribution in [0.3, 0.4) is 0 Å². The molecule has 1 aromatic carbocycles. The lowest BCUT2D eigenvalue weighted by Gasteiger charge is -2.24. The highest BCUT2D eigenvalue weighted by Gasteiger charge is 2.14. The van der Waals surface area contributed by atoms with Crippen LogP contribution in [0.4, 0.5) is 0 Å². The van der Waals surface area contributed by atoms with Crippen molar-refractivity contribution in [1.29, 1.82) is 0 Å². The zero-order chi connectivity index (χ0) is 17.0. The number of carboxylic acid groups (broad SMARTS) is 1. The van der Waals surface area contributed by atoms with Crippen LogP contribution in [-0.4, -0.2) is 37.4 Å². The van der Waals surface area contributed by atoms with Gasteiger partial charge in [0.2, 0.25) is 0 Å². The summed E-state index contributed by atoms with van der Waals surface area (Å²) < 4.78 is 1.77. The molecule has 0 bridgehead atoms. The van der Waals surface area contributed by atoms with Crippen LogP contribution in [0.5, 0.6) is 5.75 Å². The summed E-state index contributed by atoms with van der Waals surface area (Å²) in [6.45, 7) is 6.55. The molecule has 0 fully saturated rings. The van der Waals surface area contributed by atoms with Crippen molar-refractivity contribution < 1.29 is 15.0 Å². The van der Waals surface area contributed by atoms with E-state index in [1.54, 1.807) is 10.7 Å². The molecule has 0 aliphatic heterocycles. The van der Waals surface area contributed by atoms with Gasteiger partial charge in [-0.2, -0.15) is 5.10 Å². The molecule has 0 saturated heterocycles. The quantitative estimate of drug-likeness (QED) is 0.820. The van der Waals surface area contributed by atoms with Crippen LogP contribution >= 0.6 is 0 Å². The summed E-state index contributed by atoms with van der Waals surface area (Å²) in [5.41, 5.74) is 1.92. The number of hydrogen-bond donors (Lipinski definition) is 2. The van der Waals surface area contributed by atoms with E-state index in [0.717, 1.165) is 24.2 Å². The van der Waals surface area contributed by atoms with E-state index in [-0.39, 0.29) is 11.3 Å². The van der Waals surface area contributed by atoms with Gasteiger partial charge in [0.15, 0.2) is 0 Å². The number of aryl methyl sites for hydroxylation is 1. The minimum atomic E-state index is -1.12. The fourth-order valence-corrected chi connectivity index (χ4v) is 2.62. The van der Waals surface area contributed by atoms with Gasteiger partial charge in [0, 0.05) is 38.4 Å². The van der Waals surface area contributed by atoms with Crippen molar-refractivity contribution in [2.45, 2.75) is 26.9 Å². The smallest absolute Gasteiger partial charge is 0.339 e. The SMILES string of the molecule is CC(C)CN(Cc1ccc(O)c(C(=O)O)c1)Cc1cnn(C)c1. The Balaban J connectivity index is 2.16. The topological polar surface area (TPSA) is 78.6 Å². The highest BCUT2D eigenvalue weighted by Crippen LogP contribution is 2.20. The fraction of sp³-hybridized carbons (Fsp3) is 0.412. The lowest BCUT2D eigenvalue weighted by Crippen LogP contribution is -2.27.